The van der Waals surface area contributed by atoms with Crippen LogP contribution in [0.5, 0.6) is 0 Å². The summed E-state index contributed by atoms with van der Waals surface area (Å²) in [4.78, 5) is 21.9. The van der Waals surface area contributed by atoms with E-state index in [0.29, 0.717) is 13.0 Å². The van der Waals surface area contributed by atoms with Crippen LogP contribution in [0.2, 0.25) is 0 Å². The van der Waals surface area contributed by atoms with E-state index in [-0.39, 0.29) is 5.91 Å². The molecule has 1 N–H and O–H groups in total. The number of carbonyl (C=O) groups is 1. The van der Waals surface area contributed by atoms with Crippen LogP contribution in [-0.4, -0.2) is 27.5 Å². The van der Waals surface area contributed by atoms with Crippen molar-refractivity contribution in [3.63, 3.8) is 0 Å². The van der Waals surface area contributed by atoms with Crippen LogP contribution in [0.3, 0.4) is 0 Å². The van der Waals surface area contributed by atoms with Gasteiger partial charge in [-0.3, -0.25) is 4.79 Å². The fraction of sp³-hybridized carbons (Fsp3) is 0.158. The highest BCUT2D eigenvalue weighted by Crippen LogP contribution is 2.25. The number of aryl methyl sites for hydroxylation is 1. The van der Waals surface area contributed by atoms with Gasteiger partial charge in [-0.2, -0.15) is 0 Å². The molecule has 0 saturated heterocycles. The average Bonchev–Trinajstić information content (AvgIpc) is 3.25. The van der Waals surface area contributed by atoms with E-state index in [1.54, 1.807) is 11.1 Å². The van der Waals surface area contributed by atoms with Crippen LogP contribution in [0.4, 0.5) is 5.69 Å². The van der Waals surface area contributed by atoms with Gasteiger partial charge in [-0.25, -0.2) is 4.98 Å². The smallest absolute Gasteiger partial charge is 0.228 e. The number of H-pyrrole nitrogens is 1. The Labute approximate surface area is 139 Å². The number of nitrogens with one attached hydrogen (secondary N) is 1. The molecule has 3 aromatic heterocycles. The topological polar surface area (TPSA) is 53.9 Å². The zero-order valence-corrected chi connectivity index (χ0v) is 13.4. The molecule has 0 aliphatic heterocycles. The fourth-order valence-corrected chi connectivity index (χ4v) is 3.07. The number of amides is 1. The Kier molecular flexibility index (Phi) is 3.54. The first-order chi connectivity index (χ1) is 11.7. The molecule has 0 aliphatic carbocycles. The van der Waals surface area contributed by atoms with Crippen molar-refractivity contribution >= 4 is 33.5 Å². The Morgan fingerprint density at radius 1 is 1.17 bits per heavy atom. The van der Waals surface area contributed by atoms with Gasteiger partial charge >= 0.3 is 0 Å². The molecular formula is C19H18N4O. The molecule has 24 heavy (non-hydrogen) atoms. The van der Waals surface area contributed by atoms with Crippen molar-refractivity contribution in [2.75, 3.05) is 11.9 Å². The summed E-state index contributed by atoms with van der Waals surface area (Å²) in [6, 6.07) is 13.9. The van der Waals surface area contributed by atoms with Crippen molar-refractivity contribution in [3.8, 4) is 0 Å². The first-order valence-electron chi connectivity index (χ1n) is 7.96. The third-order valence-electron chi connectivity index (χ3n) is 4.39. The molecule has 0 aliphatic rings. The molecule has 4 aromatic rings. The number of hydrogen-bond acceptors (Lipinski definition) is 2. The van der Waals surface area contributed by atoms with Gasteiger partial charge in [0.2, 0.25) is 5.91 Å². The molecule has 0 fully saturated rings. The predicted molar refractivity (Wildman–Crippen MR) is 96.1 cm³/mol. The maximum atomic E-state index is 12.6. The van der Waals surface area contributed by atoms with Gasteiger partial charge in [0.25, 0.3) is 0 Å². The molecule has 0 atom stereocenters. The second kappa shape index (κ2) is 5.85. The minimum atomic E-state index is 0.0786. The molecule has 5 nitrogen and oxygen atoms in total. The van der Waals surface area contributed by atoms with Crippen LogP contribution in [0.15, 0.2) is 61.1 Å². The minimum absolute atomic E-state index is 0.0786. The summed E-state index contributed by atoms with van der Waals surface area (Å²) in [5, 5.41) is 2.20. The zero-order chi connectivity index (χ0) is 16.5. The first-order valence-corrected chi connectivity index (χ1v) is 7.96. The summed E-state index contributed by atoms with van der Waals surface area (Å²) >= 11 is 0. The summed E-state index contributed by atoms with van der Waals surface area (Å²) in [7, 11) is 1.82. The molecule has 1 aromatic carbocycles. The number of hydrogen-bond donors (Lipinski definition) is 1. The molecule has 0 saturated carbocycles. The number of para-hydroxylation sites is 1. The van der Waals surface area contributed by atoms with Gasteiger partial charge in [0.05, 0.1) is 11.2 Å². The molecule has 0 spiro atoms. The third-order valence-corrected chi connectivity index (χ3v) is 4.39. The Morgan fingerprint density at radius 2 is 2.04 bits per heavy atom. The predicted octanol–water partition coefficient (Wildman–Crippen LogP) is 3.57. The highest BCUT2D eigenvalue weighted by molar-refractivity contribution is 6.01. The summed E-state index contributed by atoms with van der Waals surface area (Å²) in [6.45, 7) is 0.615. The average molecular weight is 318 g/mol. The number of aromatic amines is 1. The van der Waals surface area contributed by atoms with Crippen LogP contribution < -0.4 is 4.90 Å². The van der Waals surface area contributed by atoms with E-state index < -0.39 is 0 Å². The lowest BCUT2D eigenvalue weighted by atomic mass is 10.2. The van der Waals surface area contributed by atoms with Gasteiger partial charge in [0.15, 0.2) is 0 Å². The molecular weight excluding hydrogens is 300 g/mol. The Balaban J connectivity index is 1.53. The van der Waals surface area contributed by atoms with Gasteiger partial charge in [-0.15, -0.1) is 0 Å². The first kappa shape index (κ1) is 14.5. The molecule has 4 rings (SSSR count). The van der Waals surface area contributed by atoms with Gasteiger partial charge in [0.1, 0.15) is 5.65 Å². The molecule has 0 bridgehead atoms. The van der Waals surface area contributed by atoms with E-state index in [0.717, 1.165) is 27.6 Å². The largest absolute Gasteiger partial charge is 0.359 e. The van der Waals surface area contributed by atoms with E-state index in [9.17, 15) is 4.79 Å². The van der Waals surface area contributed by atoms with Gasteiger partial charge in [0, 0.05) is 49.4 Å². The maximum absolute atomic E-state index is 12.6. The number of carbonyl (C=O) groups excluding carboxylic acids is 1. The minimum Gasteiger partial charge on any atom is -0.359 e. The number of anilines is 1. The standard InChI is InChI=1S/C19H18N4O/c1-22(16-6-2-4-14-7-11-20-18(14)16)17(24)9-13-23-12-8-15-5-3-10-21-19(15)23/h2-8,10-12,20H,9,13H2,1H3. The highest BCUT2D eigenvalue weighted by Gasteiger charge is 2.14. The van der Waals surface area contributed by atoms with E-state index >= 15 is 0 Å². The lowest BCUT2D eigenvalue weighted by molar-refractivity contribution is -0.118. The zero-order valence-electron chi connectivity index (χ0n) is 13.4. The van der Waals surface area contributed by atoms with Crippen molar-refractivity contribution in [3.05, 3.63) is 61.1 Å². The summed E-state index contributed by atoms with van der Waals surface area (Å²) in [6.07, 6.45) is 6.08. The van der Waals surface area contributed by atoms with Gasteiger partial charge < -0.3 is 14.5 Å². The Bertz CT molecular complexity index is 1010. The van der Waals surface area contributed by atoms with Crippen LogP contribution in [0, 0.1) is 0 Å². The second-order valence-electron chi connectivity index (χ2n) is 5.85. The van der Waals surface area contributed by atoms with Crippen molar-refractivity contribution < 1.29 is 4.79 Å². The lowest BCUT2D eigenvalue weighted by Gasteiger charge is -2.18. The molecule has 0 radical (unpaired) electrons. The van der Waals surface area contributed by atoms with Crippen LogP contribution in [0.25, 0.3) is 21.9 Å². The molecule has 1 amide bonds. The van der Waals surface area contributed by atoms with Crippen molar-refractivity contribution in [2.24, 2.45) is 0 Å². The number of benzene rings is 1. The van der Waals surface area contributed by atoms with Crippen molar-refractivity contribution in [1.82, 2.24) is 14.5 Å². The van der Waals surface area contributed by atoms with E-state index in [4.69, 9.17) is 0 Å². The van der Waals surface area contributed by atoms with Gasteiger partial charge in [-0.05, 0) is 30.3 Å². The van der Waals surface area contributed by atoms with Crippen LogP contribution in [-0.2, 0) is 11.3 Å². The molecule has 5 heteroatoms. The van der Waals surface area contributed by atoms with Crippen molar-refractivity contribution in [2.45, 2.75) is 13.0 Å². The Hall–Kier alpha value is -3.08. The van der Waals surface area contributed by atoms with Crippen molar-refractivity contribution in [1.29, 1.82) is 0 Å². The number of rotatable bonds is 4. The number of nitrogens with zero attached hydrogens (tertiary/aromatic N) is 3. The summed E-state index contributed by atoms with van der Waals surface area (Å²) in [5.74, 6) is 0.0786. The van der Waals surface area contributed by atoms with Crippen LogP contribution in [0.1, 0.15) is 6.42 Å². The van der Waals surface area contributed by atoms with E-state index in [1.807, 2.05) is 66.5 Å². The van der Waals surface area contributed by atoms with Gasteiger partial charge in [-0.1, -0.05) is 12.1 Å². The summed E-state index contributed by atoms with van der Waals surface area (Å²) in [5.41, 5.74) is 2.80. The lowest BCUT2D eigenvalue weighted by Crippen LogP contribution is -2.27. The molecule has 120 valence electrons. The fourth-order valence-electron chi connectivity index (χ4n) is 3.07. The quantitative estimate of drug-likeness (QED) is 0.625. The van der Waals surface area contributed by atoms with Crippen LogP contribution >= 0.6 is 0 Å². The molecule has 3 heterocycles. The number of fused-ring (bicyclic) bond motifs is 2. The monoisotopic (exact) mass is 318 g/mol. The highest BCUT2D eigenvalue weighted by atomic mass is 16.2. The molecule has 0 unspecified atom stereocenters. The normalized spacial score (nSPS) is 11.2. The van der Waals surface area contributed by atoms with E-state index in [2.05, 4.69) is 9.97 Å². The number of pyridine rings is 1. The Morgan fingerprint density at radius 3 is 2.96 bits per heavy atom. The number of aromatic nitrogens is 3. The second-order valence-corrected chi connectivity index (χ2v) is 5.85. The third kappa shape index (κ3) is 2.44. The maximum Gasteiger partial charge on any atom is 0.228 e. The van der Waals surface area contributed by atoms with E-state index in [1.165, 1.54) is 0 Å². The summed E-state index contributed by atoms with van der Waals surface area (Å²) < 4.78 is 2.02. The SMILES string of the molecule is CN(C(=O)CCn1ccc2cccnc21)c1cccc2cc[nH]c12.